The van der Waals surface area contributed by atoms with Gasteiger partial charge in [-0.05, 0) is 30.5 Å². The van der Waals surface area contributed by atoms with Crippen molar-refractivity contribution in [3.05, 3.63) is 35.4 Å². The smallest absolute Gasteiger partial charge is 0.381 e. The van der Waals surface area contributed by atoms with Crippen LogP contribution in [0.15, 0.2) is 29.3 Å². The molecule has 1 atom stereocenters. The Labute approximate surface area is 175 Å². The molecular formula is C18H27F3IN3O2. The molecule has 154 valence electrons. The number of hydrogen-bond acceptors (Lipinski definition) is 3. The fraction of sp³-hybridized carbons (Fsp3) is 0.611. The molecule has 1 aliphatic heterocycles. The van der Waals surface area contributed by atoms with E-state index in [2.05, 4.69) is 15.6 Å². The van der Waals surface area contributed by atoms with Crippen LogP contribution in [0.1, 0.15) is 24.0 Å². The van der Waals surface area contributed by atoms with Crippen molar-refractivity contribution in [3.63, 3.8) is 0 Å². The number of nitrogens with zero attached hydrogens (tertiary/aromatic N) is 1. The lowest BCUT2D eigenvalue weighted by Crippen LogP contribution is -2.37. The third-order valence-corrected chi connectivity index (χ3v) is 4.10. The monoisotopic (exact) mass is 501 g/mol. The van der Waals surface area contributed by atoms with Crippen molar-refractivity contribution >= 4 is 29.9 Å². The van der Waals surface area contributed by atoms with Crippen LogP contribution in [-0.4, -0.2) is 46.0 Å². The van der Waals surface area contributed by atoms with Crippen LogP contribution in [0.3, 0.4) is 0 Å². The fourth-order valence-electron chi connectivity index (χ4n) is 2.56. The minimum atomic E-state index is -4.31. The molecule has 0 aliphatic carbocycles. The van der Waals surface area contributed by atoms with Gasteiger partial charge in [-0.2, -0.15) is 13.2 Å². The van der Waals surface area contributed by atoms with Gasteiger partial charge in [0.05, 0.1) is 18.8 Å². The molecule has 2 N–H and O–H groups in total. The molecule has 5 nitrogen and oxygen atoms in total. The van der Waals surface area contributed by atoms with Gasteiger partial charge >= 0.3 is 6.18 Å². The minimum absolute atomic E-state index is 0. The summed E-state index contributed by atoms with van der Waals surface area (Å²) in [5, 5.41) is 6.24. The molecule has 27 heavy (non-hydrogen) atoms. The van der Waals surface area contributed by atoms with E-state index in [1.807, 2.05) is 0 Å². The van der Waals surface area contributed by atoms with Gasteiger partial charge in [0.15, 0.2) is 5.96 Å². The van der Waals surface area contributed by atoms with Crippen molar-refractivity contribution in [2.45, 2.75) is 25.6 Å². The lowest BCUT2D eigenvalue weighted by atomic mass is 10.1. The first-order valence-corrected chi connectivity index (χ1v) is 8.75. The molecule has 1 aromatic carbocycles. The van der Waals surface area contributed by atoms with Crippen LogP contribution >= 0.6 is 24.0 Å². The molecule has 1 fully saturated rings. The van der Waals surface area contributed by atoms with Gasteiger partial charge in [0.2, 0.25) is 0 Å². The number of benzene rings is 1. The number of hydrogen-bond donors (Lipinski definition) is 2. The molecule has 0 radical (unpaired) electrons. The van der Waals surface area contributed by atoms with E-state index in [4.69, 9.17) is 9.47 Å². The van der Waals surface area contributed by atoms with E-state index in [0.29, 0.717) is 31.6 Å². The zero-order valence-corrected chi connectivity index (χ0v) is 17.7. The van der Waals surface area contributed by atoms with Crippen molar-refractivity contribution in [3.8, 4) is 0 Å². The molecule has 0 saturated carbocycles. The highest BCUT2D eigenvalue weighted by atomic mass is 127. The van der Waals surface area contributed by atoms with Gasteiger partial charge in [0.25, 0.3) is 0 Å². The van der Waals surface area contributed by atoms with Crippen LogP contribution in [0, 0.1) is 5.92 Å². The van der Waals surface area contributed by atoms with E-state index in [1.54, 1.807) is 7.05 Å². The van der Waals surface area contributed by atoms with Crippen molar-refractivity contribution in [2.24, 2.45) is 10.9 Å². The zero-order chi connectivity index (χ0) is 18.8. The summed E-state index contributed by atoms with van der Waals surface area (Å²) in [5.41, 5.74) is 0.107. The number of ether oxygens (including phenoxy) is 2. The standard InChI is InChI=1S/C18H26F3N3O2.HI/c1-22-17(23-8-2-9-25-12-15-7-10-26-13-15)24-11-14-3-5-16(6-4-14)18(19,20)21;/h3-6,15H,2,7-13H2,1H3,(H2,22,23,24);1H. The van der Waals surface area contributed by atoms with Crippen LogP contribution in [0.25, 0.3) is 0 Å². The summed E-state index contributed by atoms with van der Waals surface area (Å²) in [4.78, 5) is 4.10. The van der Waals surface area contributed by atoms with Gasteiger partial charge in [-0.3, -0.25) is 4.99 Å². The predicted molar refractivity (Wildman–Crippen MR) is 109 cm³/mol. The second-order valence-electron chi connectivity index (χ2n) is 6.21. The van der Waals surface area contributed by atoms with Gasteiger partial charge in [0, 0.05) is 39.3 Å². The normalized spacial score (nSPS) is 17.5. The summed E-state index contributed by atoms with van der Waals surface area (Å²) in [6.45, 7) is 4.12. The summed E-state index contributed by atoms with van der Waals surface area (Å²) in [6, 6.07) is 5.09. The molecule has 1 saturated heterocycles. The maximum atomic E-state index is 12.5. The molecule has 0 amide bonds. The summed E-state index contributed by atoms with van der Waals surface area (Å²) in [6.07, 6.45) is -2.40. The summed E-state index contributed by atoms with van der Waals surface area (Å²) in [7, 11) is 1.65. The second kappa shape index (κ2) is 12.4. The molecule has 0 bridgehead atoms. The molecule has 1 heterocycles. The van der Waals surface area contributed by atoms with Crippen molar-refractivity contribution in [2.75, 3.05) is 40.0 Å². The van der Waals surface area contributed by atoms with Crippen molar-refractivity contribution in [1.29, 1.82) is 0 Å². The molecule has 2 rings (SSSR count). The highest BCUT2D eigenvalue weighted by molar-refractivity contribution is 14.0. The maximum Gasteiger partial charge on any atom is 0.416 e. The van der Waals surface area contributed by atoms with E-state index in [1.165, 1.54) is 12.1 Å². The van der Waals surface area contributed by atoms with Crippen LogP contribution in [0.5, 0.6) is 0 Å². The molecule has 0 spiro atoms. The average molecular weight is 501 g/mol. The van der Waals surface area contributed by atoms with Crippen LogP contribution in [0.2, 0.25) is 0 Å². The first kappa shape index (κ1) is 24.0. The number of rotatable bonds is 8. The lowest BCUT2D eigenvalue weighted by molar-refractivity contribution is -0.137. The van der Waals surface area contributed by atoms with Crippen LogP contribution in [0.4, 0.5) is 13.2 Å². The molecule has 9 heteroatoms. The van der Waals surface area contributed by atoms with Gasteiger partial charge < -0.3 is 20.1 Å². The van der Waals surface area contributed by atoms with Gasteiger partial charge in [-0.15, -0.1) is 24.0 Å². The number of halogens is 4. The van der Waals surface area contributed by atoms with E-state index in [9.17, 15) is 13.2 Å². The predicted octanol–water partition coefficient (Wildman–Crippen LogP) is 3.43. The quantitative estimate of drug-likeness (QED) is 0.248. The molecule has 1 aromatic rings. The Balaban J connectivity index is 0.00000364. The summed E-state index contributed by atoms with van der Waals surface area (Å²) >= 11 is 0. The Morgan fingerprint density at radius 3 is 2.59 bits per heavy atom. The zero-order valence-electron chi connectivity index (χ0n) is 15.3. The van der Waals surface area contributed by atoms with Crippen molar-refractivity contribution < 1.29 is 22.6 Å². The molecule has 1 unspecified atom stereocenters. The Hall–Kier alpha value is -1.07. The first-order valence-electron chi connectivity index (χ1n) is 8.75. The first-order chi connectivity index (χ1) is 12.5. The van der Waals surface area contributed by atoms with E-state index < -0.39 is 11.7 Å². The summed E-state index contributed by atoms with van der Waals surface area (Å²) in [5.74, 6) is 1.12. The maximum absolute atomic E-state index is 12.5. The summed E-state index contributed by atoms with van der Waals surface area (Å²) < 4.78 is 48.6. The van der Waals surface area contributed by atoms with Crippen LogP contribution in [-0.2, 0) is 22.2 Å². The Morgan fingerprint density at radius 1 is 1.26 bits per heavy atom. The van der Waals surface area contributed by atoms with Crippen LogP contribution < -0.4 is 10.6 Å². The Morgan fingerprint density at radius 2 is 2.00 bits per heavy atom. The van der Waals surface area contributed by atoms with E-state index in [-0.39, 0.29) is 24.0 Å². The fourth-order valence-corrected chi connectivity index (χ4v) is 2.56. The highest BCUT2D eigenvalue weighted by Gasteiger charge is 2.29. The number of guanidine groups is 1. The Bertz CT molecular complexity index is 562. The van der Waals surface area contributed by atoms with Crippen molar-refractivity contribution in [1.82, 2.24) is 10.6 Å². The lowest BCUT2D eigenvalue weighted by Gasteiger charge is -2.13. The minimum Gasteiger partial charge on any atom is -0.381 e. The highest BCUT2D eigenvalue weighted by Crippen LogP contribution is 2.29. The van der Waals surface area contributed by atoms with Gasteiger partial charge in [0.1, 0.15) is 0 Å². The number of aliphatic imine (C=N–C) groups is 1. The van der Waals surface area contributed by atoms with E-state index >= 15 is 0 Å². The van der Waals surface area contributed by atoms with E-state index in [0.717, 1.165) is 50.4 Å². The Kier molecular flexibility index (Phi) is 11.0. The average Bonchev–Trinajstić information content (AvgIpc) is 3.13. The van der Waals surface area contributed by atoms with Gasteiger partial charge in [-0.25, -0.2) is 0 Å². The molecular weight excluding hydrogens is 474 g/mol. The number of nitrogens with one attached hydrogen (secondary N) is 2. The number of alkyl halides is 3. The third-order valence-electron chi connectivity index (χ3n) is 4.10. The third kappa shape index (κ3) is 9.11. The second-order valence-corrected chi connectivity index (χ2v) is 6.21. The molecule has 1 aliphatic rings. The SMILES string of the molecule is CN=C(NCCCOCC1CCOC1)NCc1ccc(C(F)(F)F)cc1.I. The molecule has 0 aromatic heterocycles. The topological polar surface area (TPSA) is 54.9 Å². The van der Waals surface area contributed by atoms with Gasteiger partial charge in [-0.1, -0.05) is 12.1 Å². The largest absolute Gasteiger partial charge is 0.416 e.